The first kappa shape index (κ1) is 18.8. The predicted octanol–water partition coefficient (Wildman–Crippen LogP) is 3.24. The molecule has 2 aliphatic rings. The largest absolute Gasteiger partial charge is 0.353 e. The molecule has 1 heterocycles. The number of halogens is 1. The van der Waals surface area contributed by atoms with E-state index >= 15 is 0 Å². The van der Waals surface area contributed by atoms with Crippen LogP contribution in [0.5, 0.6) is 0 Å². The maximum absolute atomic E-state index is 13.6. The maximum atomic E-state index is 13.6. The summed E-state index contributed by atoms with van der Waals surface area (Å²) in [5.41, 5.74) is -0.499. The lowest BCUT2D eigenvalue weighted by Gasteiger charge is -2.41. The van der Waals surface area contributed by atoms with Gasteiger partial charge >= 0.3 is 0 Å². The summed E-state index contributed by atoms with van der Waals surface area (Å²) in [5, 5.41) is 2.95. The first-order chi connectivity index (χ1) is 12.5. The lowest BCUT2D eigenvalue weighted by molar-refractivity contribution is -0.127. The van der Waals surface area contributed by atoms with Gasteiger partial charge in [-0.15, -0.1) is 0 Å². The first-order valence-corrected chi connectivity index (χ1v) is 9.50. The molecule has 3 rings (SSSR count). The van der Waals surface area contributed by atoms with Gasteiger partial charge < -0.3 is 10.1 Å². The number of rotatable bonds is 4. The lowest BCUT2D eigenvalue weighted by Crippen LogP contribution is -2.57. The number of nitrogens with zero attached hydrogens (tertiary/aromatic N) is 1. The molecule has 0 radical (unpaired) electrons. The van der Waals surface area contributed by atoms with Crippen LogP contribution in [-0.2, 0) is 9.53 Å². The molecule has 5 nitrogen and oxygen atoms in total. The quantitative estimate of drug-likeness (QED) is 0.895. The summed E-state index contributed by atoms with van der Waals surface area (Å²) in [7, 11) is 0. The van der Waals surface area contributed by atoms with Crippen molar-refractivity contribution in [3.8, 4) is 0 Å². The van der Waals surface area contributed by atoms with Crippen LogP contribution in [0.25, 0.3) is 0 Å². The highest BCUT2D eigenvalue weighted by molar-refractivity contribution is 5.98. The van der Waals surface area contributed by atoms with Gasteiger partial charge in [-0.3, -0.25) is 14.5 Å². The Morgan fingerprint density at radius 1 is 1.35 bits per heavy atom. The van der Waals surface area contributed by atoms with Gasteiger partial charge in [-0.2, -0.15) is 0 Å². The van der Waals surface area contributed by atoms with Crippen molar-refractivity contribution >= 4 is 11.8 Å². The van der Waals surface area contributed by atoms with Crippen molar-refractivity contribution in [2.75, 3.05) is 6.61 Å². The predicted molar refractivity (Wildman–Crippen MR) is 96.0 cm³/mol. The summed E-state index contributed by atoms with van der Waals surface area (Å²) in [6.45, 7) is 4.11. The smallest absolute Gasteiger partial charge is 0.256 e. The number of hydrogen-bond donors (Lipinski definition) is 1. The summed E-state index contributed by atoms with van der Waals surface area (Å²) in [4.78, 5) is 27.6. The third-order valence-electron chi connectivity index (χ3n) is 5.49. The maximum Gasteiger partial charge on any atom is 0.256 e. The molecule has 142 valence electrons. The molecule has 26 heavy (non-hydrogen) atoms. The van der Waals surface area contributed by atoms with Crippen LogP contribution in [0.4, 0.5) is 4.39 Å². The van der Waals surface area contributed by atoms with Gasteiger partial charge in [0.25, 0.3) is 5.91 Å². The summed E-state index contributed by atoms with van der Waals surface area (Å²) in [6.07, 6.45) is 5.22. The van der Waals surface area contributed by atoms with Crippen LogP contribution in [0.2, 0.25) is 0 Å². The van der Waals surface area contributed by atoms with Gasteiger partial charge in [0.1, 0.15) is 17.6 Å². The van der Waals surface area contributed by atoms with Crippen LogP contribution in [0.1, 0.15) is 62.7 Å². The van der Waals surface area contributed by atoms with Crippen molar-refractivity contribution in [3.63, 3.8) is 0 Å². The van der Waals surface area contributed by atoms with Gasteiger partial charge in [-0.1, -0.05) is 19.4 Å². The first-order valence-electron chi connectivity index (χ1n) is 9.50. The van der Waals surface area contributed by atoms with E-state index in [0.717, 1.165) is 25.7 Å². The molecule has 0 aromatic heterocycles. The fourth-order valence-corrected chi connectivity index (χ4v) is 3.87. The van der Waals surface area contributed by atoms with E-state index < -0.39 is 17.6 Å². The summed E-state index contributed by atoms with van der Waals surface area (Å²) < 4.78 is 19.7. The highest BCUT2D eigenvalue weighted by atomic mass is 19.1. The zero-order chi connectivity index (χ0) is 18.7. The number of benzene rings is 1. The Kier molecular flexibility index (Phi) is 5.61. The Morgan fingerprint density at radius 2 is 2.08 bits per heavy atom. The fourth-order valence-electron chi connectivity index (χ4n) is 3.87. The number of carbonyl (C=O) groups is 2. The van der Waals surface area contributed by atoms with Crippen molar-refractivity contribution in [2.45, 2.75) is 70.2 Å². The van der Waals surface area contributed by atoms with Crippen molar-refractivity contribution in [3.05, 3.63) is 35.6 Å². The van der Waals surface area contributed by atoms with Crippen molar-refractivity contribution in [1.82, 2.24) is 10.2 Å². The fraction of sp³-hybridized carbons (Fsp3) is 0.600. The molecule has 0 unspecified atom stereocenters. The molecular formula is C20H27FN2O3. The van der Waals surface area contributed by atoms with E-state index in [-0.39, 0.29) is 30.0 Å². The Balaban J connectivity index is 1.92. The Labute approximate surface area is 153 Å². The lowest BCUT2D eigenvalue weighted by atomic mass is 9.89. The molecular weight excluding hydrogens is 335 g/mol. The second-order valence-corrected chi connectivity index (χ2v) is 7.34. The molecule has 2 atom stereocenters. The molecule has 1 saturated carbocycles. The second kappa shape index (κ2) is 7.74. The number of hydrogen-bond acceptors (Lipinski definition) is 3. The number of ether oxygens (including phenoxy) is 1. The molecule has 0 bridgehead atoms. The minimum Gasteiger partial charge on any atom is -0.353 e. The standard InChI is InChI=1S/C20H27FN2O3/c1-3-14(2)22-18(24)17-13-26-20(10-5-4-6-11-20)23(17)19(25)15-8-7-9-16(21)12-15/h7-9,12,14,17H,3-6,10-11,13H2,1-2H3,(H,22,24)/t14-,17-/m0/s1. The Bertz CT molecular complexity index is 673. The second-order valence-electron chi connectivity index (χ2n) is 7.34. The summed E-state index contributed by atoms with van der Waals surface area (Å²) in [5.74, 6) is -1.01. The summed E-state index contributed by atoms with van der Waals surface area (Å²) >= 11 is 0. The average Bonchev–Trinajstić information content (AvgIpc) is 3.00. The molecule has 1 spiro atoms. The molecule has 1 N–H and O–H groups in total. The highest BCUT2D eigenvalue weighted by Gasteiger charge is 2.53. The average molecular weight is 362 g/mol. The van der Waals surface area contributed by atoms with Crippen LogP contribution in [0.15, 0.2) is 24.3 Å². The summed E-state index contributed by atoms with van der Waals surface area (Å²) in [6, 6.07) is 4.97. The van der Waals surface area contributed by atoms with Crippen LogP contribution in [0, 0.1) is 5.82 Å². The zero-order valence-electron chi connectivity index (χ0n) is 15.5. The van der Waals surface area contributed by atoms with E-state index in [9.17, 15) is 14.0 Å². The minimum absolute atomic E-state index is 0.0246. The topological polar surface area (TPSA) is 58.6 Å². The van der Waals surface area contributed by atoms with E-state index in [4.69, 9.17) is 4.74 Å². The van der Waals surface area contributed by atoms with Crippen molar-refractivity contribution in [1.29, 1.82) is 0 Å². The van der Waals surface area contributed by atoms with Crippen LogP contribution in [-0.4, -0.2) is 41.1 Å². The van der Waals surface area contributed by atoms with Gasteiger partial charge in [-0.25, -0.2) is 4.39 Å². The normalized spacial score (nSPS) is 23.0. The van der Waals surface area contributed by atoms with Crippen molar-refractivity contribution in [2.24, 2.45) is 0 Å². The van der Waals surface area contributed by atoms with Gasteiger partial charge in [0.15, 0.2) is 0 Å². The van der Waals surface area contributed by atoms with Gasteiger partial charge in [0, 0.05) is 11.6 Å². The van der Waals surface area contributed by atoms with E-state index in [0.29, 0.717) is 12.8 Å². The Morgan fingerprint density at radius 3 is 2.73 bits per heavy atom. The minimum atomic E-state index is -0.751. The molecule has 1 aliphatic heterocycles. The molecule has 1 saturated heterocycles. The Hall–Kier alpha value is -1.95. The monoisotopic (exact) mass is 362 g/mol. The third kappa shape index (κ3) is 3.61. The molecule has 1 aromatic rings. The van der Waals surface area contributed by atoms with Crippen LogP contribution < -0.4 is 5.32 Å². The third-order valence-corrected chi connectivity index (χ3v) is 5.49. The van der Waals surface area contributed by atoms with E-state index in [1.165, 1.54) is 18.2 Å². The molecule has 2 fully saturated rings. The van der Waals surface area contributed by atoms with Gasteiger partial charge in [0.05, 0.1) is 6.61 Å². The number of carbonyl (C=O) groups excluding carboxylic acids is 2. The zero-order valence-corrected chi connectivity index (χ0v) is 15.5. The van der Waals surface area contributed by atoms with Crippen molar-refractivity contribution < 1.29 is 18.7 Å². The van der Waals surface area contributed by atoms with Crippen LogP contribution >= 0.6 is 0 Å². The molecule has 1 aliphatic carbocycles. The highest BCUT2D eigenvalue weighted by Crippen LogP contribution is 2.41. The van der Waals surface area contributed by atoms with E-state index in [2.05, 4.69) is 5.32 Å². The van der Waals surface area contributed by atoms with Gasteiger partial charge in [-0.05, 0) is 57.2 Å². The molecule has 1 aromatic carbocycles. The number of amides is 2. The van der Waals surface area contributed by atoms with Crippen LogP contribution in [0.3, 0.4) is 0 Å². The molecule has 2 amide bonds. The number of nitrogens with one attached hydrogen (secondary N) is 1. The van der Waals surface area contributed by atoms with E-state index in [1.807, 2.05) is 13.8 Å². The SMILES string of the molecule is CC[C@H](C)NC(=O)[C@@H]1COC2(CCCCC2)N1C(=O)c1cccc(F)c1. The molecule has 6 heteroatoms. The van der Waals surface area contributed by atoms with E-state index in [1.54, 1.807) is 11.0 Å². The van der Waals surface area contributed by atoms with Gasteiger partial charge in [0.2, 0.25) is 5.91 Å².